The Hall–Kier alpha value is -5.30. The second-order valence-corrected chi connectivity index (χ2v) is 15.4. The molecule has 2 saturated carbocycles. The molecule has 1 spiro atoms. The van der Waals surface area contributed by atoms with E-state index in [0.717, 1.165) is 34.6 Å². The van der Waals surface area contributed by atoms with Gasteiger partial charge in [-0.15, -0.1) is 0 Å². The van der Waals surface area contributed by atoms with Crippen LogP contribution in [0, 0.1) is 11.3 Å². The molecule has 2 aromatic rings. The number of aliphatic hydroxyl groups is 3. The zero-order valence-electron chi connectivity index (χ0n) is 31.9. The number of rotatable bonds is 6. The summed E-state index contributed by atoms with van der Waals surface area (Å²) in [6.45, 7) is 4.26. The van der Waals surface area contributed by atoms with E-state index in [1.54, 1.807) is 6.07 Å². The summed E-state index contributed by atoms with van der Waals surface area (Å²) in [5.74, 6) is -9.64. The number of ketones is 1. The average molecular weight is 798 g/mol. The summed E-state index contributed by atoms with van der Waals surface area (Å²) >= 11 is 0. The first kappa shape index (κ1) is 41.3. The SMILES string of the molecule is CC(=O)OC[C@]12[C@H](OC(=O)c3ccccc3)[C@@H](O)[C@@H]3OC(=O)[C@@](C)(O)CCc4ncccc4C(=O)OC[C@]4(C)O[C@]1([C@H](OC(C)=O)[C@@H]4C(=O)[C@@H]2OC(C)=O)[C@]3(C)O. The Morgan fingerprint density at radius 1 is 0.877 bits per heavy atom. The predicted molar refractivity (Wildman–Crippen MR) is 187 cm³/mol. The lowest BCUT2D eigenvalue weighted by Crippen LogP contribution is -2.88. The van der Waals surface area contributed by atoms with Gasteiger partial charge in [0.2, 0.25) is 0 Å². The van der Waals surface area contributed by atoms with Crippen molar-refractivity contribution < 1.29 is 82.0 Å². The molecule has 306 valence electrons. The third kappa shape index (κ3) is 6.53. The number of aryl methyl sites for hydroxylation is 1. The predicted octanol–water partition coefficient (Wildman–Crippen LogP) is 0.338. The number of Topliss-reactive ketones (excluding diaryl/α,β-unsaturated/α-hetero) is 1. The van der Waals surface area contributed by atoms with Crippen molar-refractivity contribution in [2.24, 2.45) is 11.3 Å². The van der Waals surface area contributed by atoms with Gasteiger partial charge in [-0.2, -0.15) is 0 Å². The molecule has 1 aromatic heterocycles. The van der Waals surface area contributed by atoms with Crippen LogP contribution < -0.4 is 0 Å². The van der Waals surface area contributed by atoms with Gasteiger partial charge in [-0.05, 0) is 57.9 Å². The van der Waals surface area contributed by atoms with E-state index < -0.39 is 125 Å². The smallest absolute Gasteiger partial charge is 0.340 e. The van der Waals surface area contributed by atoms with Crippen molar-refractivity contribution in [2.45, 2.75) is 107 Å². The van der Waals surface area contributed by atoms with E-state index in [4.69, 9.17) is 33.2 Å². The molecule has 2 aliphatic carbocycles. The quantitative estimate of drug-likeness (QED) is 0.263. The van der Waals surface area contributed by atoms with Crippen LogP contribution in [0.3, 0.4) is 0 Å². The Morgan fingerprint density at radius 2 is 1.54 bits per heavy atom. The molecule has 18 heteroatoms. The van der Waals surface area contributed by atoms with Gasteiger partial charge >= 0.3 is 35.8 Å². The molecule has 0 unspecified atom stereocenters. The number of cyclic esters (lactones) is 1. The lowest BCUT2D eigenvalue weighted by Gasteiger charge is -2.66. The van der Waals surface area contributed by atoms with Crippen LogP contribution in [0.4, 0.5) is 0 Å². The number of nitrogens with zero attached hydrogens (tertiary/aromatic N) is 1. The molecule has 0 amide bonds. The van der Waals surface area contributed by atoms with Crippen molar-refractivity contribution in [1.82, 2.24) is 4.98 Å². The Kier molecular flexibility index (Phi) is 10.6. The molecular formula is C39H43NO17. The minimum atomic E-state index is -2.93. The summed E-state index contributed by atoms with van der Waals surface area (Å²) in [7, 11) is 0. The number of hydrogen-bond acceptors (Lipinski definition) is 18. The van der Waals surface area contributed by atoms with Gasteiger partial charge in [-0.1, -0.05) is 18.2 Å². The highest BCUT2D eigenvalue weighted by molar-refractivity contribution is 5.94. The first-order valence-corrected chi connectivity index (χ1v) is 18.1. The van der Waals surface area contributed by atoms with Gasteiger partial charge in [-0.25, -0.2) is 14.4 Å². The zero-order valence-corrected chi connectivity index (χ0v) is 31.9. The maximum atomic E-state index is 15.2. The summed E-state index contributed by atoms with van der Waals surface area (Å²) in [5.41, 5.74) is -13.2. The summed E-state index contributed by atoms with van der Waals surface area (Å²) in [5, 5.41) is 37.1. The molecule has 6 rings (SSSR count). The van der Waals surface area contributed by atoms with Gasteiger partial charge in [0.15, 0.2) is 29.2 Å². The highest BCUT2D eigenvalue weighted by Crippen LogP contribution is 2.68. The van der Waals surface area contributed by atoms with Crippen LogP contribution in [0.2, 0.25) is 0 Å². The lowest BCUT2D eigenvalue weighted by molar-refractivity contribution is -0.375. The normalized spacial score (nSPS) is 37.3. The molecule has 0 radical (unpaired) electrons. The maximum absolute atomic E-state index is 15.2. The molecule has 18 nitrogen and oxygen atoms in total. The number of carbonyl (C=O) groups excluding carboxylic acids is 7. The topological polar surface area (TPSA) is 258 Å². The van der Waals surface area contributed by atoms with Crippen molar-refractivity contribution in [3.8, 4) is 0 Å². The first-order valence-electron chi connectivity index (χ1n) is 18.1. The summed E-state index contributed by atoms with van der Waals surface area (Å²) in [6.07, 6.45) is -10.5. The monoisotopic (exact) mass is 797 g/mol. The molecule has 3 N–H and O–H groups in total. The van der Waals surface area contributed by atoms with E-state index in [1.165, 1.54) is 49.5 Å². The molecule has 3 heterocycles. The van der Waals surface area contributed by atoms with E-state index in [0.29, 0.717) is 0 Å². The summed E-state index contributed by atoms with van der Waals surface area (Å²) in [6, 6.07) is 10.1. The second-order valence-electron chi connectivity index (χ2n) is 15.4. The van der Waals surface area contributed by atoms with Crippen LogP contribution in [0.15, 0.2) is 48.7 Å². The molecule has 57 heavy (non-hydrogen) atoms. The molecule has 4 bridgehead atoms. The minimum Gasteiger partial charge on any atom is -0.465 e. The highest BCUT2D eigenvalue weighted by Gasteiger charge is 2.91. The number of aliphatic hydroxyl groups excluding tert-OH is 1. The Labute approximate surface area is 325 Å². The molecule has 3 fully saturated rings. The molecule has 1 aromatic carbocycles. The van der Waals surface area contributed by atoms with E-state index >= 15 is 4.79 Å². The third-order valence-corrected chi connectivity index (χ3v) is 11.4. The van der Waals surface area contributed by atoms with E-state index in [9.17, 15) is 44.1 Å². The van der Waals surface area contributed by atoms with Crippen LogP contribution >= 0.6 is 0 Å². The molecule has 1 saturated heterocycles. The summed E-state index contributed by atoms with van der Waals surface area (Å²) < 4.78 is 41.5. The van der Waals surface area contributed by atoms with Gasteiger partial charge in [0, 0.05) is 27.0 Å². The van der Waals surface area contributed by atoms with Crippen molar-refractivity contribution in [3.05, 3.63) is 65.5 Å². The van der Waals surface area contributed by atoms with Crippen LogP contribution in [-0.4, -0.2) is 128 Å². The minimum absolute atomic E-state index is 0.0850. The first-order chi connectivity index (χ1) is 26.6. The maximum Gasteiger partial charge on any atom is 0.340 e. The fourth-order valence-electron chi connectivity index (χ4n) is 8.89. The van der Waals surface area contributed by atoms with Crippen LogP contribution in [0.1, 0.15) is 74.4 Å². The van der Waals surface area contributed by atoms with Gasteiger partial charge in [0.1, 0.15) is 48.1 Å². The van der Waals surface area contributed by atoms with Gasteiger partial charge < -0.3 is 48.5 Å². The summed E-state index contributed by atoms with van der Waals surface area (Å²) in [4.78, 5) is 99.9. The number of aromatic nitrogens is 1. The number of esters is 6. The van der Waals surface area contributed by atoms with E-state index in [2.05, 4.69) is 4.98 Å². The number of fused-ring (bicyclic) bond motifs is 5. The van der Waals surface area contributed by atoms with Crippen molar-refractivity contribution in [3.63, 3.8) is 0 Å². The number of pyridine rings is 1. The van der Waals surface area contributed by atoms with Crippen LogP contribution in [0.5, 0.6) is 0 Å². The molecule has 4 aliphatic rings. The average Bonchev–Trinajstić information content (AvgIpc) is 3.37. The van der Waals surface area contributed by atoms with E-state index in [-0.39, 0.29) is 23.2 Å². The largest absolute Gasteiger partial charge is 0.465 e. The fourth-order valence-corrected chi connectivity index (χ4v) is 8.89. The fraction of sp³-hybridized carbons (Fsp3) is 0.538. The molecule has 2 aliphatic heterocycles. The van der Waals surface area contributed by atoms with Crippen molar-refractivity contribution in [1.29, 1.82) is 0 Å². The second kappa shape index (κ2) is 14.6. The number of benzene rings is 1. The van der Waals surface area contributed by atoms with Crippen LogP contribution in [0.25, 0.3) is 0 Å². The Bertz CT molecular complexity index is 2000. The third-order valence-electron chi connectivity index (χ3n) is 11.4. The van der Waals surface area contributed by atoms with Crippen molar-refractivity contribution >= 4 is 41.6 Å². The number of ether oxygens (including phenoxy) is 7. The number of hydrogen-bond donors (Lipinski definition) is 3. The lowest BCUT2D eigenvalue weighted by atomic mass is 9.45. The van der Waals surface area contributed by atoms with Gasteiger partial charge in [0.25, 0.3) is 0 Å². The standard InChI is InChI=1S/C39H43NO17/c1-19(41)51-18-38-30(54-21(3)43)26(44)25-28(53-20(2)42)39(38)37(6,50)29(27(45)31(38)55-32(46)22-11-8-7-9-12-22)56-34(48)35(4,49)15-14-24-23(13-10-16-40-24)33(47)52-17-36(25,5)57-39/h7-13,16,25,27-31,45,49-50H,14-15,17-18H2,1-6H3/t25-,27-,28+,29-,30-,31+,35-,36-,37+,38-,39+/m0/s1. The van der Waals surface area contributed by atoms with Gasteiger partial charge in [0.05, 0.1) is 22.7 Å². The molecular weight excluding hydrogens is 754 g/mol. The van der Waals surface area contributed by atoms with Crippen molar-refractivity contribution in [2.75, 3.05) is 13.2 Å². The molecule has 11 atom stereocenters. The van der Waals surface area contributed by atoms with Gasteiger partial charge in [-0.3, -0.25) is 24.2 Å². The zero-order chi connectivity index (χ0) is 41.9. The van der Waals surface area contributed by atoms with E-state index in [1.807, 2.05) is 0 Å². The number of carbonyl (C=O) groups is 7. The highest BCUT2D eigenvalue weighted by atomic mass is 16.7. The van der Waals surface area contributed by atoms with Crippen LogP contribution in [-0.2, 0) is 63.6 Å². The Morgan fingerprint density at radius 3 is 2.18 bits per heavy atom. The Balaban J connectivity index is 1.71.